The van der Waals surface area contributed by atoms with Crippen molar-refractivity contribution in [2.45, 2.75) is 50.2 Å². The summed E-state index contributed by atoms with van der Waals surface area (Å²) in [6, 6.07) is 5.52. The van der Waals surface area contributed by atoms with Gasteiger partial charge in [0.25, 0.3) is 0 Å². The SMILES string of the molecule is COc1ccc(CN)cc1CS(=O)(=O)C1CCCC(C)C1. The number of nitrogens with two attached hydrogens (primary N) is 1. The van der Waals surface area contributed by atoms with E-state index in [0.29, 0.717) is 18.2 Å². The second-order valence-electron chi connectivity index (χ2n) is 6.05. The average molecular weight is 311 g/mol. The summed E-state index contributed by atoms with van der Waals surface area (Å²) in [5.74, 6) is 1.16. The van der Waals surface area contributed by atoms with E-state index in [1.54, 1.807) is 13.2 Å². The number of methoxy groups -OCH3 is 1. The summed E-state index contributed by atoms with van der Waals surface area (Å²) in [4.78, 5) is 0. The fraction of sp³-hybridized carbons (Fsp3) is 0.625. The second-order valence-corrected chi connectivity index (χ2v) is 8.33. The second kappa shape index (κ2) is 6.79. The zero-order valence-corrected chi connectivity index (χ0v) is 13.7. The standard InChI is InChI=1S/C16H25NO3S/c1-12-4-3-5-15(8-12)21(18,19)11-14-9-13(10-17)6-7-16(14)20-2/h6-7,9,12,15H,3-5,8,10-11,17H2,1-2H3. The van der Waals surface area contributed by atoms with Crippen LogP contribution in [0, 0.1) is 5.92 Å². The number of sulfone groups is 1. The van der Waals surface area contributed by atoms with Crippen LogP contribution in [0.1, 0.15) is 43.7 Å². The number of ether oxygens (including phenoxy) is 1. The summed E-state index contributed by atoms with van der Waals surface area (Å²) in [5, 5.41) is -0.215. The van der Waals surface area contributed by atoms with Crippen LogP contribution in [-0.4, -0.2) is 20.8 Å². The maximum Gasteiger partial charge on any atom is 0.157 e. The Morgan fingerprint density at radius 3 is 2.71 bits per heavy atom. The minimum absolute atomic E-state index is 0.0431. The normalized spacial score (nSPS) is 23.0. The Balaban J connectivity index is 2.23. The molecule has 0 aromatic heterocycles. The predicted octanol–water partition coefficient (Wildman–Crippen LogP) is 2.65. The first kappa shape index (κ1) is 16.3. The Morgan fingerprint density at radius 1 is 1.33 bits per heavy atom. The Bertz CT molecular complexity index is 583. The minimum atomic E-state index is -3.15. The zero-order valence-electron chi connectivity index (χ0n) is 12.8. The summed E-state index contributed by atoms with van der Waals surface area (Å²) in [5.41, 5.74) is 7.29. The van der Waals surface area contributed by atoms with Crippen molar-refractivity contribution >= 4 is 9.84 Å². The van der Waals surface area contributed by atoms with Gasteiger partial charge in [0.1, 0.15) is 5.75 Å². The van der Waals surface area contributed by atoms with E-state index >= 15 is 0 Å². The van der Waals surface area contributed by atoms with Crippen LogP contribution in [-0.2, 0) is 22.1 Å². The molecule has 5 heteroatoms. The van der Waals surface area contributed by atoms with Gasteiger partial charge in [-0.1, -0.05) is 25.8 Å². The maximum atomic E-state index is 12.7. The third kappa shape index (κ3) is 3.98. The molecule has 0 aliphatic heterocycles. The van der Waals surface area contributed by atoms with E-state index in [9.17, 15) is 8.42 Å². The fourth-order valence-corrected chi connectivity index (χ4v) is 5.15. The van der Waals surface area contributed by atoms with E-state index in [4.69, 9.17) is 10.5 Å². The number of hydrogen-bond acceptors (Lipinski definition) is 4. The molecule has 118 valence electrons. The van der Waals surface area contributed by atoms with Gasteiger partial charge in [-0.05, 0) is 36.5 Å². The summed E-state index contributed by atoms with van der Waals surface area (Å²) in [6.45, 7) is 2.54. The van der Waals surface area contributed by atoms with Crippen molar-refractivity contribution in [1.82, 2.24) is 0 Å². The third-order valence-corrected chi connectivity index (χ3v) is 6.49. The van der Waals surface area contributed by atoms with Crippen molar-refractivity contribution in [3.8, 4) is 5.75 Å². The fourth-order valence-electron chi connectivity index (χ4n) is 3.11. The highest BCUT2D eigenvalue weighted by Crippen LogP contribution is 2.31. The average Bonchev–Trinajstić information content (AvgIpc) is 2.46. The van der Waals surface area contributed by atoms with Crippen LogP contribution in [0.5, 0.6) is 5.75 Å². The molecule has 2 rings (SSSR count). The quantitative estimate of drug-likeness (QED) is 0.907. The predicted molar refractivity (Wildman–Crippen MR) is 84.9 cm³/mol. The molecule has 1 fully saturated rings. The number of benzene rings is 1. The molecular weight excluding hydrogens is 286 g/mol. The molecule has 2 N–H and O–H groups in total. The largest absolute Gasteiger partial charge is 0.496 e. The van der Waals surface area contributed by atoms with Gasteiger partial charge in [-0.2, -0.15) is 0 Å². The highest BCUT2D eigenvalue weighted by atomic mass is 32.2. The van der Waals surface area contributed by atoms with Gasteiger partial charge in [0.05, 0.1) is 18.1 Å². The number of rotatable bonds is 5. The lowest BCUT2D eigenvalue weighted by Gasteiger charge is -2.26. The molecule has 1 aromatic rings. The van der Waals surface area contributed by atoms with Crippen molar-refractivity contribution in [2.75, 3.05) is 7.11 Å². The lowest BCUT2D eigenvalue weighted by molar-refractivity contribution is 0.381. The van der Waals surface area contributed by atoms with Gasteiger partial charge in [0.15, 0.2) is 9.84 Å². The Kier molecular flexibility index (Phi) is 5.27. The number of hydrogen-bond donors (Lipinski definition) is 1. The summed E-state index contributed by atoms with van der Waals surface area (Å²) >= 11 is 0. The minimum Gasteiger partial charge on any atom is -0.496 e. The first-order chi connectivity index (χ1) is 9.96. The molecular formula is C16H25NO3S. The summed E-state index contributed by atoms with van der Waals surface area (Å²) < 4.78 is 30.7. The first-order valence-electron chi connectivity index (χ1n) is 7.53. The van der Waals surface area contributed by atoms with Crippen molar-refractivity contribution < 1.29 is 13.2 Å². The van der Waals surface area contributed by atoms with Gasteiger partial charge < -0.3 is 10.5 Å². The molecule has 0 bridgehead atoms. The third-order valence-electron chi connectivity index (χ3n) is 4.33. The Morgan fingerprint density at radius 2 is 2.10 bits per heavy atom. The maximum absolute atomic E-state index is 12.7. The van der Waals surface area contributed by atoms with Crippen LogP contribution in [0.2, 0.25) is 0 Å². The first-order valence-corrected chi connectivity index (χ1v) is 9.25. The molecule has 0 saturated heterocycles. The molecule has 1 aliphatic carbocycles. The van der Waals surface area contributed by atoms with Gasteiger partial charge in [-0.3, -0.25) is 0 Å². The summed E-state index contributed by atoms with van der Waals surface area (Å²) in [6.07, 6.45) is 3.70. The molecule has 1 aliphatic rings. The zero-order chi connectivity index (χ0) is 15.5. The lowest BCUT2D eigenvalue weighted by atomic mass is 9.91. The molecule has 4 nitrogen and oxygen atoms in total. The molecule has 2 unspecified atom stereocenters. The van der Waals surface area contributed by atoms with E-state index < -0.39 is 9.84 Å². The Labute approximate surface area is 127 Å². The van der Waals surface area contributed by atoms with Crippen molar-refractivity contribution in [3.63, 3.8) is 0 Å². The topological polar surface area (TPSA) is 69.4 Å². The highest BCUT2D eigenvalue weighted by Gasteiger charge is 2.30. The van der Waals surface area contributed by atoms with E-state index in [1.165, 1.54) is 0 Å². The van der Waals surface area contributed by atoms with Crippen LogP contribution in [0.25, 0.3) is 0 Å². The molecule has 0 spiro atoms. The van der Waals surface area contributed by atoms with E-state index in [1.807, 2.05) is 12.1 Å². The monoisotopic (exact) mass is 311 g/mol. The van der Waals surface area contributed by atoms with Gasteiger partial charge in [0.2, 0.25) is 0 Å². The van der Waals surface area contributed by atoms with Gasteiger partial charge in [-0.25, -0.2) is 8.42 Å². The molecule has 1 aromatic carbocycles. The summed E-state index contributed by atoms with van der Waals surface area (Å²) in [7, 11) is -1.58. The van der Waals surface area contributed by atoms with Crippen LogP contribution in [0.4, 0.5) is 0 Å². The molecule has 0 amide bonds. The Hall–Kier alpha value is -1.07. The molecule has 0 radical (unpaired) electrons. The van der Waals surface area contributed by atoms with E-state index in [-0.39, 0.29) is 11.0 Å². The van der Waals surface area contributed by atoms with Crippen LogP contribution in [0.3, 0.4) is 0 Å². The van der Waals surface area contributed by atoms with Crippen LogP contribution in [0.15, 0.2) is 18.2 Å². The lowest BCUT2D eigenvalue weighted by Crippen LogP contribution is -2.28. The van der Waals surface area contributed by atoms with Crippen molar-refractivity contribution in [3.05, 3.63) is 29.3 Å². The van der Waals surface area contributed by atoms with Gasteiger partial charge in [0, 0.05) is 12.1 Å². The molecule has 0 heterocycles. The van der Waals surface area contributed by atoms with Crippen LogP contribution < -0.4 is 10.5 Å². The van der Waals surface area contributed by atoms with Crippen LogP contribution >= 0.6 is 0 Å². The van der Waals surface area contributed by atoms with Crippen molar-refractivity contribution in [1.29, 1.82) is 0 Å². The van der Waals surface area contributed by atoms with Crippen molar-refractivity contribution in [2.24, 2.45) is 11.7 Å². The molecule has 21 heavy (non-hydrogen) atoms. The van der Waals surface area contributed by atoms with E-state index in [0.717, 1.165) is 36.8 Å². The molecule has 2 atom stereocenters. The smallest absolute Gasteiger partial charge is 0.157 e. The molecule has 1 saturated carbocycles. The van der Waals surface area contributed by atoms with Gasteiger partial charge >= 0.3 is 0 Å². The van der Waals surface area contributed by atoms with Gasteiger partial charge in [-0.15, -0.1) is 0 Å². The van der Waals surface area contributed by atoms with E-state index in [2.05, 4.69) is 6.92 Å². The highest BCUT2D eigenvalue weighted by molar-refractivity contribution is 7.91.